The van der Waals surface area contributed by atoms with Gasteiger partial charge in [-0.2, -0.15) is 10.2 Å². The van der Waals surface area contributed by atoms with Gasteiger partial charge in [0.1, 0.15) is 6.54 Å². The topological polar surface area (TPSA) is 64.7 Å². The van der Waals surface area contributed by atoms with Gasteiger partial charge in [-0.15, -0.1) is 0 Å². The molecule has 140 valence electrons. The van der Waals surface area contributed by atoms with E-state index in [1.54, 1.807) is 4.68 Å². The molecule has 1 aliphatic carbocycles. The fourth-order valence-corrected chi connectivity index (χ4v) is 3.44. The van der Waals surface area contributed by atoms with E-state index in [0.29, 0.717) is 11.7 Å². The number of carbonyl (C=O) groups excluding carboxylic acids is 1. The molecule has 6 nitrogen and oxygen atoms in total. The molecule has 4 aromatic rings. The van der Waals surface area contributed by atoms with E-state index in [-0.39, 0.29) is 12.5 Å². The van der Waals surface area contributed by atoms with Crippen LogP contribution in [0.1, 0.15) is 12.8 Å². The fraction of sp³-hybridized carbons (Fsp3) is 0.227. The zero-order chi connectivity index (χ0) is 18.9. The number of para-hydroxylation sites is 1. The van der Waals surface area contributed by atoms with Gasteiger partial charge in [0, 0.05) is 23.7 Å². The van der Waals surface area contributed by atoms with Gasteiger partial charge in [-0.3, -0.25) is 14.2 Å². The van der Waals surface area contributed by atoms with Crippen molar-refractivity contribution in [3.8, 4) is 11.3 Å². The lowest BCUT2D eigenvalue weighted by molar-refractivity contribution is -0.116. The summed E-state index contributed by atoms with van der Waals surface area (Å²) in [6.07, 6.45) is 4.35. The van der Waals surface area contributed by atoms with Gasteiger partial charge in [-0.1, -0.05) is 42.5 Å². The summed E-state index contributed by atoms with van der Waals surface area (Å²) in [6, 6.07) is 19.9. The summed E-state index contributed by atoms with van der Waals surface area (Å²) in [7, 11) is 0. The van der Waals surface area contributed by atoms with Gasteiger partial charge < -0.3 is 5.32 Å². The van der Waals surface area contributed by atoms with Crippen molar-refractivity contribution < 1.29 is 4.79 Å². The third kappa shape index (κ3) is 3.41. The minimum absolute atomic E-state index is 0.135. The highest BCUT2D eigenvalue weighted by atomic mass is 16.2. The molecular weight excluding hydrogens is 350 g/mol. The molecular formula is C22H21N5O. The molecule has 1 amide bonds. The highest BCUT2D eigenvalue weighted by Crippen LogP contribution is 2.32. The molecule has 0 unspecified atom stereocenters. The lowest BCUT2D eigenvalue weighted by Gasteiger charge is -2.03. The average Bonchev–Trinajstić information content (AvgIpc) is 3.31. The van der Waals surface area contributed by atoms with Gasteiger partial charge in [0.25, 0.3) is 0 Å². The lowest BCUT2D eigenvalue weighted by atomic mass is 10.2. The Kier molecular flexibility index (Phi) is 4.16. The van der Waals surface area contributed by atoms with Crippen molar-refractivity contribution in [2.45, 2.75) is 25.9 Å². The molecule has 2 aromatic carbocycles. The number of aromatic nitrogens is 4. The van der Waals surface area contributed by atoms with Gasteiger partial charge >= 0.3 is 0 Å². The van der Waals surface area contributed by atoms with E-state index in [0.717, 1.165) is 28.7 Å². The largest absolute Gasteiger partial charge is 0.307 e. The van der Waals surface area contributed by atoms with E-state index in [2.05, 4.69) is 21.6 Å². The first-order valence-electron chi connectivity index (χ1n) is 9.60. The van der Waals surface area contributed by atoms with Gasteiger partial charge in [-0.25, -0.2) is 0 Å². The van der Waals surface area contributed by atoms with Crippen molar-refractivity contribution in [2.75, 3.05) is 5.32 Å². The van der Waals surface area contributed by atoms with Crippen LogP contribution in [0, 0.1) is 5.92 Å². The van der Waals surface area contributed by atoms with Crippen LogP contribution in [-0.4, -0.2) is 25.5 Å². The number of nitrogens with one attached hydrogen (secondary N) is 1. The molecule has 1 saturated carbocycles. The van der Waals surface area contributed by atoms with Crippen LogP contribution in [0.4, 0.5) is 5.82 Å². The highest BCUT2D eigenvalue weighted by molar-refractivity contribution is 5.99. The van der Waals surface area contributed by atoms with Crippen LogP contribution in [0.15, 0.2) is 66.9 Å². The Balaban J connectivity index is 1.33. The van der Waals surface area contributed by atoms with Crippen LogP contribution in [0.5, 0.6) is 0 Å². The van der Waals surface area contributed by atoms with Crippen molar-refractivity contribution in [2.24, 2.45) is 5.92 Å². The first-order chi connectivity index (χ1) is 13.8. The SMILES string of the molecule is O=C(Cn1ccc(-c2ccccc2)n1)Nc1nn(CC2CC2)c2ccccc12. The number of rotatable bonds is 6. The van der Waals surface area contributed by atoms with Crippen LogP contribution >= 0.6 is 0 Å². The zero-order valence-electron chi connectivity index (χ0n) is 15.5. The normalized spacial score (nSPS) is 13.7. The third-order valence-electron chi connectivity index (χ3n) is 5.06. The predicted molar refractivity (Wildman–Crippen MR) is 109 cm³/mol. The lowest BCUT2D eigenvalue weighted by Crippen LogP contribution is -2.19. The summed E-state index contributed by atoms with van der Waals surface area (Å²) in [4.78, 5) is 12.6. The number of fused-ring (bicyclic) bond motifs is 1. The Morgan fingerprint density at radius 2 is 1.79 bits per heavy atom. The van der Waals surface area contributed by atoms with Crippen LogP contribution in [-0.2, 0) is 17.9 Å². The van der Waals surface area contributed by atoms with Gasteiger partial charge in [0.05, 0.1) is 11.2 Å². The standard InChI is InChI=1S/C22H21N5O/c28-21(15-26-13-12-19(24-26)17-6-2-1-3-7-17)23-22-18-8-4-5-9-20(18)27(25-22)14-16-10-11-16/h1-9,12-13,16H,10-11,14-15H2,(H,23,25,28). The van der Waals surface area contributed by atoms with E-state index in [1.165, 1.54) is 12.8 Å². The number of nitrogens with zero attached hydrogens (tertiary/aromatic N) is 4. The number of benzene rings is 2. The first-order valence-corrected chi connectivity index (χ1v) is 9.60. The van der Waals surface area contributed by atoms with Crippen molar-refractivity contribution >= 4 is 22.6 Å². The van der Waals surface area contributed by atoms with E-state index in [4.69, 9.17) is 0 Å². The van der Waals surface area contributed by atoms with Gasteiger partial charge in [-0.05, 0) is 37.0 Å². The van der Waals surface area contributed by atoms with E-state index < -0.39 is 0 Å². The second-order valence-electron chi connectivity index (χ2n) is 7.30. The average molecular weight is 371 g/mol. The molecule has 28 heavy (non-hydrogen) atoms. The minimum atomic E-state index is -0.135. The molecule has 0 radical (unpaired) electrons. The molecule has 0 aliphatic heterocycles. The van der Waals surface area contributed by atoms with E-state index in [1.807, 2.05) is 65.5 Å². The van der Waals surface area contributed by atoms with Crippen LogP contribution in [0.2, 0.25) is 0 Å². The van der Waals surface area contributed by atoms with Crippen LogP contribution < -0.4 is 5.32 Å². The molecule has 0 spiro atoms. The van der Waals surface area contributed by atoms with Crippen LogP contribution in [0.25, 0.3) is 22.2 Å². The molecule has 0 bridgehead atoms. The van der Waals surface area contributed by atoms with Crippen molar-refractivity contribution in [1.82, 2.24) is 19.6 Å². The molecule has 1 aliphatic rings. The molecule has 0 saturated heterocycles. The quantitative estimate of drug-likeness (QED) is 0.558. The number of anilines is 1. The molecule has 2 heterocycles. The summed E-state index contributed by atoms with van der Waals surface area (Å²) >= 11 is 0. The molecule has 6 heteroatoms. The number of carbonyl (C=O) groups is 1. The summed E-state index contributed by atoms with van der Waals surface area (Å²) in [5, 5.41) is 13.1. The van der Waals surface area contributed by atoms with E-state index in [9.17, 15) is 4.79 Å². The predicted octanol–water partition coefficient (Wildman–Crippen LogP) is 3.95. The summed E-state index contributed by atoms with van der Waals surface area (Å²) < 4.78 is 3.67. The minimum Gasteiger partial charge on any atom is -0.307 e. The number of hydrogen-bond acceptors (Lipinski definition) is 3. The summed E-state index contributed by atoms with van der Waals surface area (Å²) in [5.41, 5.74) is 2.95. The molecule has 2 aromatic heterocycles. The summed E-state index contributed by atoms with van der Waals surface area (Å²) in [5.74, 6) is 1.20. The summed E-state index contributed by atoms with van der Waals surface area (Å²) in [6.45, 7) is 1.06. The Hall–Kier alpha value is -3.41. The molecule has 5 rings (SSSR count). The molecule has 1 fully saturated rings. The highest BCUT2D eigenvalue weighted by Gasteiger charge is 2.24. The van der Waals surface area contributed by atoms with E-state index >= 15 is 0 Å². The third-order valence-corrected chi connectivity index (χ3v) is 5.06. The van der Waals surface area contributed by atoms with Crippen molar-refractivity contribution in [3.63, 3.8) is 0 Å². The zero-order valence-corrected chi connectivity index (χ0v) is 15.5. The fourth-order valence-electron chi connectivity index (χ4n) is 3.44. The Morgan fingerprint density at radius 3 is 2.61 bits per heavy atom. The molecule has 1 N–H and O–H groups in total. The van der Waals surface area contributed by atoms with Crippen molar-refractivity contribution in [3.05, 3.63) is 66.9 Å². The van der Waals surface area contributed by atoms with Gasteiger partial charge in [0.15, 0.2) is 5.82 Å². The maximum Gasteiger partial charge on any atom is 0.247 e. The van der Waals surface area contributed by atoms with Crippen LogP contribution in [0.3, 0.4) is 0 Å². The number of hydrogen-bond donors (Lipinski definition) is 1. The smallest absolute Gasteiger partial charge is 0.247 e. The Morgan fingerprint density at radius 1 is 1.00 bits per heavy atom. The van der Waals surface area contributed by atoms with Crippen molar-refractivity contribution in [1.29, 1.82) is 0 Å². The first kappa shape index (κ1) is 16.7. The Labute approximate surface area is 162 Å². The monoisotopic (exact) mass is 371 g/mol. The molecule has 0 atom stereocenters. The Bertz CT molecular complexity index is 1120. The maximum absolute atomic E-state index is 12.6. The second-order valence-corrected chi connectivity index (χ2v) is 7.30. The van der Waals surface area contributed by atoms with Gasteiger partial charge in [0.2, 0.25) is 5.91 Å². The maximum atomic E-state index is 12.6. The number of amides is 1. The second kappa shape index (κ2) is 6.96.